The fourth-order valence-electron chi connectivity index (χ4n) is 2.65. The zero-order chi connectivity index (χ0) is 19.2. The van der Waals surface area contributed by atoms with Gasteiger partial charge < -0.3 is 9.64 Å². The largest absolute Gasteiger partial charge is 0.489 e. The van der Waals surface area contributed by atoms with Crippen molar-refractivity contribution in [1.29, 1.82) is 5.26 Å². The fourth-order valence-corrected chi connectivity index (χ4v) is 3.26. The number of carbonyl (C=O) groups is 1. The van der Waals surface area contributed by atoms with Gasteiger partial charge in [0.15, 0.2) is 0 Å². The molecular weight excluding hydrogens is 358 g/mol. The average Bonchev–Trinajstić information content (AvgIpc) is 3.10. The predicted octanol–water partition coefficient (Wildman–Crippen LogP) is 4.17. The molecule has 136 valence electrons. The molecule has 0 spiro atoms. The summed E-state index contributed by atoms with van der Waals surface area (Å²) in [6, 6.07) is 16.5. The van der Waals surface area contributed by atoms with E-state index in [2.05, 4.69) is 11.1 Å². The van der Waals surface area contributed by atoms with Crippen LogP contribution in [0.5, 0.6) is 5.75 Å². The summed E-state index contributed by atoms with van der Waals surface area (Å²) in [6.45, 7) is 2.68. The first-order valence-corrected chi connectivity index (χ1v) is 9.32. The van der Waals surface area contributed by atoms with Gasteiger partial charge in [0.25, 0.3) is 5.91 Å². The Hall–Kier alpha value is -3.17. The molecule has 3 aromatic rings. The normalized spacial score (nSPS) is 10.3. The minimum Gasteiger partial charge on any atom is -0.489 e. The molecule has 0 aliphatic rings. The van der Waals surface area contributed by atoms with Gasteiger partial charge in [0.1, 0.15) is 12.4 Å². The third kappa shape index (κ3) is 4.72. The molecule has 1 amide bonds. The molecule has 0 saturated carbocycles. The van der Waals surface area contributed by atoms with Gasteiger partial charge in [0, 0.05) is 23.6 Å². The Morgan fingerprint density at radius 3 is 2.81 bits per heavy atom. The number of aryl methyl sites for hydroxylation is 1. The molecule has 0 N–H and O–H groups in total. The van der Waals surface area contributed by atoms with Crippen LogP contribution in [0.25, 0.3) is 0 Å². The highest BCUT2D eigenvalue weighted by Crippen LogP contribution is 2.18. The van der Waals surface area contributed by atoms with Gasteiger partial charge in [0.2, 0.25) is 0 Å². The summed E-state index contributed by atoms with van der Waals surface area (Å²) in [6.07, 6.45) is 0. The summed E-state index contributed by atoms with van der Waals surface area (Å²) in [4.78, 5) is 18.7. The molecule has 0 fully saturated rings. The lowest BCUT2D eigenvalue weighted by Crippen LogP contribution is -2.26. The van der Waals surface area contributed by atoms with Crippen molar-refractivity contribution in [3.63, 3.8) is 0 Å². The summed E-state index contributed by atoms with van der Waals surface area (Å²) in [5, 5.41) is 12.1. The Balaban J connectivity index is 1.67. The fraction of sp³-hybridized carbons (Fsp3) is 0.190. The zero-order valence-corrected chi connectivity index (χ0v) is 16.0. The van der Waals surface area contributed by atoms with Crippen LogP contribution in [0.1, 0.15) is 32.2 Å². The molecule has 0 aliphatic heterocycles. The number of benzene rings is 2. The highest BCUT2D eigenvalue weighted by Gasteiger charge is 2.14. The van der Waals surface area contributed by atoms with E-state index in [1.807, 2.05) is 30.5 Å². The Labute approximate surface area is 162 Å². The molecule has 0 saturated heterocycles. The Morgan fingerprint density at radius 2 is 2.07 bits per heavy atom. The molecule has 0 bridgehead atoms. The van der Waals surface area contributed by atoms with Gasteiger partial charge in [0.05, 0.1) is 28.9 Å². The summed E-state index contributed by atoms with van der Waals surface area (Å²) in [5.41, 5.74) is 2.83. The number of hydrogen-bond donors (Lipinski definition) is 0. The Morgan fingerprint density at radius 1 is 1.26 bits per heavy atom. The van der Waals surface area contributed by atoms with Gasteiger partial charge in [-0.2, -0.15) is 5.26 Å². The van der Waals surface area contributed by atoms with Crippen LogP contribution in [0.4, 0.5) is 0 Å². The van der Waals surface area contributed by atoms with Gasteiger partial charge in [-0.1, -0.05) is 24.3 Å². The molecule has 1 heterocycles. The highest BCUT2D eigenvalue weighted by atomic mass is 32.1. The van der Waals surface area contributed by atoms with E-state index < -0.39 is 0 Å². The molecule has 3 rings (SSSR count). The number of amides is 1. The minimum absolute atomic E-state index is 0.0940. The molecule has 0 atom stereocenters. The number of rotatable bonds is 6. The van der Waals surface area contributed by atoms with Crippen molar-refractivity contribution in [3.05, 3.63) is 81.3 Å². The van der Waals surface area contributed by atoms with Crippen molar-refractivity contribution in [2.45, 2.75) is 20.1 Å². The van der Waals surface area contributed by atoms with Crippen LogP contribution in [0, 0.1) is 18.3 Å². The van der Waals surface area contributed by atoms with Crippen LogP contribution in [0.3, 0.4) is 0 Å². The number of aromatic nitrogens is 1. The smallest absolute Gasteiger partial charge is 0.254 e. The van der Waals surface area contributed by atoms with E-state index in [0.717, 1.165) is 16.3 Å². The van der Waals surface area contributed by atoms with Crippen LogP contribution in [0.2, 0.25) is 0 Å². The lowest BCUT2D eigenvalue weighted by molar-refractivity contribution is 0.0783. The molecule has 6 heteroatoms. The first-order chi connectivity index (χ1) is 13.1. The van der Waals surface area contributed by atoms with Crippen LogP contribution in [0.15, 0.2) is 53.9 Å². The van der Waals surface area contributed by atoms with Crippen molar-refractivity contribution >= 4 is 17.2 Å². The van der Waals surface area contributed by atoms with Gasteiger partial charge in [-0.25, -0.2) is 4.98 Å². The minimum atomic E-state index is -0.0940. The third-order valence-electron chi connectivity index (χ3n) is 4.03. The van der Waals surface area contributed by atoms with Crippen LogP contribution in [-0.2, 0) is 13.2 Å². The first-order valence-electron chi connectivity index (χ1n) is 8.44. The third-order valence-corrected chi connectivity index (χ3v) is 4.85. The van der Waals surface area contributed by atoms with Crippen molar-refractivity contribution in [1.82, 2.24) is 9.88 Å². The van der Waals surface area contributed by atoms with E-state index in [0.29, 0.717) is 23.4 Å². The summed E-state index contributed by atoms with van der Waals surface area (Å²) in [7, 11) is 1.76. The number of ether oxygens (including phenoxy) is 1. The van der Waals surface area contributed by atoms with E-state index >= 15 is 0 Å². The van der Waals surface area contributed by atoms with Gasteiger partial charge in [-0.15, -0.1) is 11.3 Å². The predicted molar refractivity (Wildman–Crippen MR) is 105 cm³/mol. The summed E-state index contributed by atoms with van der Waals surface area (Å²) in [5.74, 6) is 0.495. The maximum atomic E-state index is 12.7. The number of nitrogens with zero attached hydrogens (tertiary/aromatic N) is 3. The van der Waals surface area contributed by atoms with E-state index in [1.54, 1.807) is 53.6 Å². The van der Waals surface area contributed by atoms with E-state index in [1.165, 1.54) is 0 Å². The molecule has 0 aliphatic carbocycles. The van der Waals surface area contributed by atoms with Crippen LogP contribution < -0.4 is 4.74 Å². The SMILES string of the molecule is Cc1nc(CN(C)C(=O)c2cccc(OCc3ccccc3C#N)c2)cs1. The first kappa shape index (κ1) is 18.6. The topological polar surface area (TPSA) is 66.2 Å². The number of carbonyl (C=O) groups excluding carboxylic acids is 1. The molecular formula is C21H19N3O2S. The Bertz CT molecular complexity index is 991. The monoisotopic (exact) mass is 377 g/mol. The molecule has 0 unspecified atom stereocenters. The highest BCUT2D eigenvalue weighted by molar-refractivity contribution is 7.09. The maximum absolute atomic E-state index is 12.7. The lowest BCUT2D eigenvalue weighted by atomic mass is 10.1. The van der Waals surface area contributed by atoms with Crippen LogP contribution in [-0.4, -0.2) is 22.8 Å². The second-order valence-electron chi connectivity index (χ2n) is 6.10. The van der Waals surface area contributed by atoms with Crippen molar-refractivity contribution < 1.29 is 9.53 Å². The molecule has 1 aromatic heterocycles. The van der Waals surface area contributed by atoms with Crippen molar-refractivity contribution in [2.24, 2.45) is 0 Å². The van der Waals surface area contributed by atoms with Gasteiger partial charge >= 0.3 is 0 Å². The van der Waals surface area contributed by atoms with Crippen molar-refractivity contribution in [2.75, 3.05) is 7.05 Å². The van der Waals surface area contributed by atoms with E-state index in [9.17, 15) is 4.79 Å². The molecule has 0 radical (unpaired) electrons. The summed E-state index contributed by atoms with van der Waals surface area (Å²) < 4.78 is 5.79. The number of thiazole rings is 1. The quantitative estimate of drug-likeness (QED) is 0.646. The second kappa shape index (κ2) is 8.47. The van der Waals surface area contributed by atoms with Gasteiger partial charge in [-0.3, -0.25) is 4.79 Å². The Kier molecular flexibility index (Phi) is 5.84. The second-order valence-corrected chi connectivity index (χ2v) is 7.17. The van der Waals surface area contributed by atoms with E-state index in [4.69, 9.17) is 10.00 Å². The standard InChI is InChI=1S/C21H19N3O2S/c1-15-23-19(14-27-15)12-24(2)21(25)16-8-5-9-20(10-16)26-13-18-7-4-3-6-17(18)11-22/h3-10,14H,12-13H2,1-2H3. The lowest BCUT2D eigenvalue weighted by Gasteiger charge is -2.16. The summed E-state index contributed by atoms with van der Waals surface area (Å²) >= 11 is 1.57. The maximum Gasteiger partial charge on any atom is 0.254 e. The number of hydrogen-bond acceptors (Lipinski definition) is 5. The van der Waals surface area contributed by atoms with Crippen LogP contribution >= 0.6 is 11.3 Å². The molecule has 2 aromatic carbocycles. The number of nitriles is 1. The average molecular weight is 377 g/mol. The zero-order valence-electron chi connectivity index (χ0n) is 15.2. The van der Waals surface area contributed by atoms with Gasteiger partial charge in [-0.05, 0) is 31.2 Å². The van der Waals surface area contributed by atoms with E-state index in [-0.39, 0.29) is 12.5 Å². The molecule has 27 heavy (non-hydrogen) atoms. The van der Waals surface area contributed by atoms with Crippen molar-refractivity contribution in [3.8, 4) is 11.8 Å². The molecule has 5 nitrogen and oxygen atoms in total.